The first-order valence-electron chi connectivity index (χ1n) is 9.85. The van der Waals surface area contributed by atoms with Gasteiger partial charge in [0.1, 0.15) is 17.2 Å². The SMILES string of the molecule is COCCCN1C(=O)c2[nH]nc(-c3ccccc3)c2C1c1ccc(OC)cc1OC. The summed E-state index contributed by atoms with van der Waals surface area (Å²) in [4.78, 5) is 15.2. The van der Waals surface area contributed by atoms with Gasteiger partial charge in [-0.2, -0.15) is 5.10 Å². The van der Waals surface area contributed by atoms with Crippen LogP contribution in [0.4, 0.5) is 0 Å². The molecule has 1 aliphatic rings. The molecule has 1 aromatic heterocycles. The van der Waals surface area contributed by atoms with E-state index in [0.717, 1.165) is 28.8 Å². The van der Waals surface area contributed by atoms with Crippen molar-refractivity contribution in [2.24, 2.45) is 0 Å². The van der Waals surface area contributed by atoms with E-state index in [1.165, 1.54) is 0 Å². The highest BCUT2D eigenvalue weighted by Gasteiger charge is 2.43. The monoisotopic (exact) mass is 407 g/mol. The molecule has 0 saturated carbocycles. The van der Waals surface area contributed by atoms with Crippen molar-refractivity contribution in [1.29, 1.82) is 0 Å². The smallest absolute Gasteiger partial charge is 0.273 e. The number of methoxy groups -OCH3 is 3. The van der Waals surface area contributed by atoms with Crippen molar-refractivity contribution in [1.82, 2.24) is 15.1 Å². The van der Waals surface area contributed by atoms with E-state index in [1.807, 2.05) is 53.4 Å². The summed E-state index contributed by atoms with van der Waals surface area (Å²) in [5.41, 5.74) is 4.01. The van der Waals surface area contributed by atoms with E-state index in [9.17, 15) is 4.79 Å². The fourth-order valence-corrected chi connectivity index (χ4v) is 3.99. The van der Waals surface area contributed by atoms with Gasteiger partial charge < -0.3 is 19.1 Å². The van der Waals surface area contributed by atoms with E-state index in [-0.39, 0.29) is 11.9 Å². The maximum Gasteiger partial charge on any atom is 0.273 e. The largest absolute Gasteiger partial charge is 0.497 e. The Hall–Kier alpha value is -3.32. The van der Waals surface area contributed by atoms with E-state index < -0.39 is 0 Å². The zero-order valence-corrected chi connectivity index (χ0v) is 17.3. The van der Waals surface area contributed by atoms with Crippen LogP contribution in [0.5, 0.6) is 11.5 Å². The van der Waals surface area contributed by atoms with E-state index in [2.05, 4.69) is 10.2 Å². The van der Waals surface area contributed by atoms with Crippen LogP contribution in [0.3, 0.4) is 0 Å². The van der Waals surface area contributed by atoms with E-state index in [4.69, 9.17) is 14.2 Å². The van der Waals surface area contributed by atoms with Gasteiger partial charge in [0.2, 0.25) is 0 Å². The Morgan fingerprint density at radius 3 is 2.57 bits per heavy atom. The molecule has 156 valence electrons. The lowest BCUT2D eigenvalue weighted by atomic mass is 9.95. The van der Waals surface area contributed by atoms with Crippen molar-refractivity contribution in [2.75, 3.05) is 34.5 Å². The molecule has 0 radical (unpaired) electrons. The predicted molar refractivity (Wildman–Crippen MR) is 113 cm³/mol. The first-order chi connectivity index (χ1) is 14.7. The third-order valence-electron chi connectivity index (χ3n) is 5.39. The van der Waals surface area contributed by atoms with Crippen LogP contribution in [0.15, 0.2) is 48.5 Å². The summed E-state index contributed by atoms with van der Waals surface area (Å²) < 4.78 is 16.2. The van der Waals surface area contributed by atoms with Crippen molar-refractivity contribution in [3.63, 3.8) is 0 Å². The first-order valence-corrected chi connectivity index (χ1v) is 9.85. The van der Waals surface area contributed by atoms with Gasteiger partial charge in [-0.1, -0.05) is 30.3 Å². The van der Waals surface area contributed by atoms with Gasteiger partial charge in [0, 0.05) is 43.0 Å². The third-order valence-corrected chi connectivity index (χ3v) is 5.39. The van der Waals surface area contributed by atoms with Gasteiger partial charge in [0.25, 0.3) is 5.91 Å². The van der Waals surface area contributed by atoms with Crippen LogP contribution in [0.1, 0.15) is 34.1 Å². The van der Waals surface area contributed by atoms with Crippen molar-refractivity contribution in [2.45, 2.75) is 12.5 Å². The number of nitrogens with zero attached hydrogens (tertiary/aromatic N) is 2. The number of ether oxygens (including phenoxy) is 3. The average molecular weight is 407 g/mol. The number of H-pyrrole nitrogens is 1. The number of carbonyl (C=O) groups excluding carboxylic acids is 1. The molecule has 4 rings (SSSR count). The van der Waals surface area contributed by atoms with Gasteiger partial charge in [0.15, 0.2) is 0 Å². The van der Waals surface area contributed by atoms with E-state index in [0.29, 0.717) is 30.3 Å². The summed E-state index contributed by atoms with van der Waals surface area (Å²) in [6.45, 7) is 1.14. The topological polar surface area (TPSA) is 76.7 Å². The summed E-state index contributed by atoms with van der Waals surface area (Å²) in [6, 6.07) is 15.2. The minimum Gasteiger partial charge on any atom is -0.497 e. The summed E-state index contributed by atoms with van der Waals surface area (Å²) in [5, 5.41) is 7.47. The Morgan fingerprint density at radius 2 is 1.87 bits per heavy atom. The van der Waals surface area contributed by atoms with E-state index in [1.54, 1.807) is 21.3 Å². The van der Waals surface area contributed by atoms with Crippen LogP contribution in [0.25, 0.3) is 11.3 Å². The molecular weight excluding hydrogens is 382 g/mol. The summed E-state index contributed by atoms with van der Waals surface area (Å²) >= 11 is 0. The number of nitrogens with one attached hydrogen (secondary N) is 1. The Labute approximate surface area is 175 Å². The molecule has 3 aromatic rings. The molecule has 7 nitrogen and oxygen atoms in total. The van der Waals surface area contributed by atoms with Gasteiger partial charge in [-0.3, -0.25) is 9.89 Å². The lowest BCUT2D eigenvalue weighted by Crippen LogP contribution is -2.31. The minimum atomic E-state index is -0.320. The average Bonchev–Trinajstić information content (AvgIpc) is 3.33. The van der Waals surface area contributed by atoms with Crippen molar-refractivity contribution in [3.05, 3.63) is 65.4 Å². The van der Waals surface area contributed by atoms with Crippen LogP contribution in [0.2, 0.25) is 0 Å². The molecule has 0 fully saturated rings. The number of aromatic nitrogens is 2. The number of aromatic amines is 1. The fourth-order valence-electron chi connectivity index (χ4n) is 3.99. The van der Waals surface area contributed by atoms with Gasteiger partial charge in [0.05, 0.1) is 26.0 Å². The Bertz CT molecular complexity index is 1030. The lowest BCUT2D eigenvalue weighted by Gasteiger charge is -2.27. The van der Waals surface area contributed by atoms with Gasteiger partial charge in [-0.25, -0.2) is 0 Å². The molecule has 1 unspecified atom stereocenters. The van der Waals surface area contributed by atoms with Crippen molar-refractivity contribution in [3.8, 4) is 22.8 Å². The van der Waals surface area contributed by atoms with Gasteiger partial charge in [-0.15, -0.1) is 0 Å². The highest BCUT2D eigenvalue weighted by atomic mass is 16.5. The molecule has 1 atom stereocenters. The fraction of sp³-hybridized carbons (Fsp3) is 0.304. The lowest BCUT2D eigenvalue weighted by molar-refractivity contribution is 0.0722. The van der Waals surface area contributed by atoms with Crippen LogP contribution in [0, 0.1) is 0 Å². The van der Waals surface area contributed by atoms with Crippen LogP contribution in [-0.4, -0.2) is 55.5 Å². The molecule has 0 saturated heterocycles. The summed E-state index contributed by atoms with van der Waals surface area (Å²) in [6.07, 6.45) is 0.732. The van der Waals surface area contributed by atoms with Crippen molar-refractivity contribution >= 4 is 5.91 Å². The number of fused-ring (bicyclic) bond motifs is 1. The van der Waals surface area contributed by atoms with Crippen LogP contribution < -0.4 is 9.47 Å². The number of amides is 1. The zero-order valence-electron chi connectivity index (χ0n) is 17.3. The second-order valence-corrected chi connectivity index (χ2v) is 7.08. The summed E-state index contributed by atoms with van der Waals surface area (Å²) in [5.74, 6) is 1.29. The molecule has 0 aliphatic carbocycles. The minimum absolute atomic E-state index is 0.0707. The molecule has 1 amide bonds. The Kier molecular flexibility index (Phi) is 5.72. The molecule has 0 spiro atoms. The molecule has 2 aromatic carbocycles. The second-order valence-electron chi connectivity index (χ2n) is 7.08. The van der Waals surface area contributed by atoms with Crippen molar-refractivity contribution < 1.29 is 19.0 Å². The normalized spacial score (nSPS) is 15.4. The van der Waals surface area contributed by atoms with Gasteiger partial charge >= 0.3 is 0 Å². The first kappa shape index (κ1) is 20.0. The molecule has 1 aliphatic heterocycles. The second kappa shape index (κ2) is 8.59. The zero-order chi connectivity index (χ0) is 21.1. The number of hydrogen-bond acceptors (Lipinski definition) is 5. The third kappa shape index (κ3) is 3.41. The predicted octanol–water partition coefficient (Wildman–Crippen LogP) is 3.68. The standard InChI is InChI=1S/C23H25N3O4/c1-28-13-7-12-26-22(17-11-10-16(29-2)14-18(17)30-3)19-20(15-8-5-4-6-9-15)24-25-21(19)23(26)27/h4-6,8-11,14,22H,7,12-13H2,1-3H3,(H,24,25). The van der Waals surface area contributed by atoms with E-state index >= 15 is 0 Å². The number of benzene rings is 2. The highest BCUT2D eigenvalue weighted by Crippen LogP contribution is 2.46. The number of carbonyl (C=O) groups is 1. The van der Waals surface area contributed by atoms with Crippen LogP contribution >= 0.6 is 0 Å². The maximum absolute atomic E-state index is 13.3. The van der Waals surface area contributed by atoms with Crippen LogP contribution in [-0.2, 0) is 4.74 Å². The van der Waals surface area contributed by atoms with Gasteiger partial charge in [-0.05, 0) is 18.6 Å². The number of rotatable bonds is 8. The molecule has 1 N–H and O–H groups in total. The molecular formula is C23H25N3O4. The summed E-state index contributed by atoms with van der Waals surface area (Å²) in [7, 11) is 4.90. The molecule has 7 heteroatoms. The maximum atomic E-state index is 13.3. The number of hydrogen-bond donors (Lipinski definition) is 1. The Balaban J connectivity index is 1.86. The Morgan fingerprint density at radius 1 is 1.07 bits per heavy atom. The molecule has 2 heterocycles. The highest BCUT2D eigenvalue weighted by molar-refractivity contribution is 6.00. The molecule has 0 bridgehead atoms. The quantitative estimate of drug-likeness (QED) is 0.577. The molecule has 30 heavy (non-hydrogen) atoms.